The summed E-state index contributed by atoms with van der Waals surface area (Å²) in [6.07, 6.45) is 0. The smallest absolute Gasteiger partial charge is 0.164 e. The van der Waals surface area contributed by atoms with Gasteiger partial charge in [0.1, 0.15) is 0 Å². The van der Waals surface area contributed by atoms with Gasteiger partial charge in [0.05, 0.1) is 11.0 Å². The van der Waals surface area contributed by atoms with Crippen molar-refractivity contribution in [1.29, 1.82) is 0 Å². The minimum absolute atomic E-state index is 0.0997. The lowest BCUT2D eigenvalue weighted by Gasteiger charge is -2.16. The third-order valence-corrected chi connectivity index (χ3v) is 12.4. The molecule has 0 radical (unpaired) electrons. The maximum atomic E-state index is 5.39. The van der Waals surface area contributed by atoms with E-state index in [-0.39, 0.29) is 5.92 Å². The Hall–Kier alpha value is -8.21. The van der Waals surface area contributed by atoms with Crippen LogP contribution in [0.3, 0.4) is 0 Å². The monoisotopic (exact) mass is 790 g/mol. The van der Waals surface area contributed by atoms with Crippen molar-refractivity contribution < 1.29 is 0 Å². The zero-order valence-electron chi connectivity index (χ0n) is 33.7. The zero-order valence-corrected chi connectivity index (χ0v) is 33.7. The van der Waals surface area contributed by atoms with E-state index in [0.717, 1.165) is 61.1 Å². The first kappa shape index (κ1) is 35.7. The van der Waals surface area contributed by atoms with E-state index in [1.165, 1.54) is 33.2 Å². The average molecular weight is 791 g/mol. The van der Waals surface area contributed by atoms with E-state index < -0.39 is 0 Å². The van der Waals surface area contributed by atoms with Gasteiger partial charge in [-0.3, -0.25) is 0 Å². The Balaban J connectivity index is 1.08. The van der Waals surface area contributed by atoms with Gasteiger partial charge in [-0.05, 0) is 92.5 Å². The van der Waals surface area contributed by atoms with Gasteiger partial charge in [0, 0.05) is 39.1 Å². The molecule has 11 aromatic rings. The third kappa shape index (κ3) is 5.95. The van der Waals surface area contributed by atoms with Gasteiger partial charge in [-0.15, -0.1) is 0 Å². The van der Waals surface area contributed by atoms with Crippen LogP contribution in [0.25, 0.3) is 95.0 Å². The van der Waals surface area contributed by atoms with Gasteiger partial charge in [0.15, 0.2) is 17.5 Å². The van der Waals surface area contributed by atoms with Crippen molar-refractivity contribution in [2.45, 2.75) is 5.92 Å². The fraction of sp³-hybridized carbons (Fsp3) is 0.0172. The van der Waals surface area contributed by atoms with Crippen molar-refractivity contribution in [1.82, 2.24) is 19.5 Å². The second kappa shape index (κ2) is 14.8. The normalized spacial score (nSPS) is 13.0. The second-order valence-electron chi connectivity index (χ2n) is 15.9. The van der Waals surface area contributed by atoms with Crippen molar-refractivity contribution >= 4 is 21.8 Å². The maximum Gasteiger partial charge on any atom is 0.164 e. The molecule has 1 aliphatic carbocycles. The molecule has 0 aliphatic heterocycles. The number of aromatic nitrogens is 4. The number of fused-ring (bicyclic) bond motifs is 6. The highest BCUT2D eigenvalue weighted by molar-refractivity contribution is 6.10. The topological polar surface area (TPSA) is 43.6 Å². The van der Waals surface area contributed by atoms with E-state index in [1.807, 2.05) is 0 Å². The fourth-order valence-electron chi connectivity index (χ4n) is 9.57. The highest BCUT2D eigenvalue weighted by Gasteiger charge is 2.30. The maximum absolute atomic E-state index is 5.39. The summed E-state index contributed by atoms with van der Waals surface area (Å²) in [5.74, 6) is 1.98. The van der Waals surface area contributed by atoms with E-state index in [0.29, 0.717) is 17.5 Å². The SMILES string of the molecule is c1ccc(-c2ccccc2-c2ccccc2-c2nc(-c3ccc4c(c3)C(c3ccccc3)c3ccccc3-4)nc(-c3ccc4c(c3)c3ccccc3n4-c3ccccc3)n2)cc1. The molecule has 1 aliphatic rings. The zero-order chi connectivity index (χ0) is 41.0. The highest BCUT2D eigenvalue weighted by atomic mass is 15.0. The van der Waals surface area contributed by atoms with Crippen molar-refractivity contribution in [3.63, 3.8) is 0 Å². The quantitative estimate of drug-likeness (QED) is 0.161. The number of nitrogens with zero attached hydrogens (tertiary/aromatic N) is 4. The van der Waals surface area contributed by atoms with Crippen LogP contribution in [-0.2, 0) is 0 Å². The Bertz CT molecular complexity index is 3460. The number of hydrogen-bond donors (Lipinski definition) is 0. The van der Waals surface area contributed by atoms with Crippen molar-refractivity contribution in [3.8, 4) is 73.2 Å². The molecule has 9 aromatic carbocycles. The summed E-state index contributed by atoms with van der Waals surface area (Å²) >= 11 is 0. The van der Waals surface area contributed by atoms with Crippen LogP contribution in [-0.4, -0.2) is 19.5 Å². The number of hydrogen-bond acceptors (Lipinski definition) is 3. The first-order valence-corrected chi connectivity index (χ1v) is 21.1. The van der Waals surface area contributed by atoms with Gasteiger partial charge in [-0.1, -0.05) is 182 Å². The summed E-state index contributed by atoms with van der Waals surface area (Å²) in [7, 11) is 0. The molecule has 2 aromatic heterocycles. The molecule has 0 N–H and O–H groups in total. The van der Waals surface area contributed by atoms with Crippen LogP contribution in [0.1, 0.15) is 22.6 Å². The molecule has 12 rings (SSSR count). The van der Waals surface area contributed by atoms with Gasteiger partial charge in [0.25, 0.3) is 0 Å². The molecule has 62 heavy (non-hydrogen) atoms. The van der Waals surface area contributed by atoms with E-state index in [9.17, 15) is 0 Å². The summed E-state index contributed by atoms with van der Waals surface area (Å²) in [4.78, 5) is 16.1. The summed E-state index contributed by atoms with van der Waals surface area (Å²) < 4.78 is 2.34. The van der Waals surface area contributed by atoms with Crippen LogP contribution in [0.4, 0.5) is 0 Å². The molecule has 290 valence electrons. The molecule has 1 unspecified atom stereocenters. The lowest BCUT2D eigenvalue weighted by Crippen LogP contribution is -2.03. The van der Waals surface area contributed by atoms with Crippen LogP contribution in [0.15, 0.2) is 224 Å². The first-order valence-electron chi connectivity index (χ1n) is 21.1. The van der Waals surface area contributed by atoms with E-state index in [4.69, 9.17) is 15.0 Å². The second-order valence-corrected chi connectivity index (χ2v) is 15.9. The van der Waals surface area contributed by atoms with Gasteiger partial charge in [-0.2, -0.15) is 0 Å². The van der Waals surface area contributed by atoms with Crippen LogP contribution in [0.5, 0.6) is 0 Å². The minimum atomic E-state index is 0.0997. The standard InChI is InChI=1S/C58H38N4/c1-4-18-38(19-5-1)43-24-10-11-25-44(43)46-27-13-15-30-50(46)58-60-56(40-32-34-47-45-26-12-14-29-49(45)55(52(47)37-40)39-20-6-2-7-21-39)59-57(61-58)41-33-35-54-51(36-41)48-28-16-17-31-53(48)62(54)42-22-8-3-9-23-42/h1-37,55H. The number of benzene rings is 9. The first-order chi connectivity index (χ1) is 30.8. The molecule has 0 amide bonds. The van der Waals surface area contributed by atoms with Crippen LogP contribution < -0.4 is 0 Å². The molecule has 0 saturated heterocycles. The Morgan fingerprint density at radius 3 is 1.58 bits per heavy atom. The van der Waals surface area contributed by atoms with Gasteiger partial charge in [-0.25, -0.2) is 15.0 Å². The van der Waals surface area contributed by atoms with E-state index in [1.54, 1.807) is 0 Å². The molecule has 0 saturated carbocycles. The Labute approximate surface area is 360 Å². The largest absolute Gasteiger partial charge is 0.309 e. The molecule has 4 heteroatoms. The summed E-state index contributed by atoms with van der Waals surface area (Å²) in [6, 6.07) is 79.8. The van der Waals surface area contributed by atoms with Crippen molar-refractivity contribution in [2.75, 3.05) is 0 Å². The highest BCUT2D eigenvalue weighted by Crippen LogP contribution is 2.49. The minimum Gasteiger partial charge on any atom is -0.309 e. The van der Waals surface area contributed by atoms with Crippen molar-refractivity contribution in [2.24, 2.45) is 0 Å². The van der Waals surface area contributed by atoms with Crippen LogP contribution in [0, 0.1) is 0 Å². The van der Waals surface area contributed by atoms with Crippen molar-refractivity contribution in [3.05, 3.63) is 241 Å². The lowest BCUT2D eigenvalue weighted by atomic mass is 9.89. The fourth-order valence-corrected chi connectivity index (χ4v) is 9.57. The Morgan fingerprint density at radius 2 is 0.823 bits per heavy atom. The summed E-state index contributed by atoms with van der Waals surface area (Å²) in [5, 5.41) is 2.32. The van der Waals surface area contributed by atoms with E-state index in [2.05, 4.69) is 229 Å². The Kier molecular flexibility index (Phi) is 8.53. The third-order valence-electron chi connectivity index (χ3n) is 12.4. The van der Waals surface area contributed by atoms with Gasteiger partial charge >= 0.3 is 0 Å². The molecule has 2 heterocycles. The molecular formula is C58H38N4. The van der Waals surface area contributed by atoms with Gasteiger partial charge in [0.2, 0.25) is 0 Å². The molecular weight excluding hydrogens is 753 g/mol. The molecule has 0 bridgehead atoms. The van der Waals surface area contributed by atoms with Crippen LogP contribution >= 0.6 is 0 Å². The van der Waals surface area contributed by atoms with Crippen LogP contribution in [0.2, 0.25) is 0 Å². The number of para-hydroxylation sites is 2. The average Bonchev–Trinajstić information content (AvgIpc) is 3.87. The number of rotatable bonds is 7. The summed E-state index contributed by atoms with van der Waals surface area (Å²) in [5.41, 5.74) is 17.1. The predicted molar refractivity (Wildman–Crippen MR) is 254 cm³/mol. The molecule has 1 atom stereocenters. The predicted octanol–water partition coefficient (Wildman–Crippen LogP) is 14.5. The molecule has 4 nitrogen and oxygen atoms in total. The Morgan fingerprint density at radius 1 is 0.306 bits per heavy atom. The molecule has 0 fully saturated rings. The summed E-state index contributed by atoms with van der Waals surface area (Å²) in [6.45, 7) is 0. The van der Waals surface area contributed by atoms with Gasteiger partial charge < -0.3 is 4.57 Å². The lowest BCUT2D eigenvalue weighted by molar-refractivity contribution is 1.01. The van der Waals surface area contributed by atoms with E-state index >= 15 is 0 Å². The molecule has 0 spiro atoms.